The fourth-order valence-electron chi connectivity index (χ4n) is 1.95. The van der Waals surface area contributed by atoms with Crippen LogP contribution in [0.1, 0.15) is 18.2 Å². The molecule has 0 aliphatic heterocycles. The summed E-state index contributed by atoms with van der Waals surface area (Å²) in [5.41, 5.74) is 3.63. The van der Waals surface area contributed by atoms with Crippen LogP contribution in [0.15, 0.2) is 12.3 Å². The fourth-order valence-corrected chi connectivity index (χ4v) is 2.21. The number of aromatic nitrogens is 2. The monoisotopic (exact) mass is 208 g/mol. The highest BCUT2D eigenvalue weighted by atomic mass is 35.5. The van der Waals surface area contributed by atoms with Gasteiger partial charge >= 0.3 is 0 Å². The molecule has 0 spiro atoms. The molecule has 74 valence electrons. The Labute approximate surface area is 88.5 Å². The Kier molecular flexibility index (Phi) is 2.23. The summed E-state index contributed by atoms with van der Waals surface area (Å²) in [6.07, 6.45) is 1.76. The van der Waals surface area contributed by atoms with Crippen LogP contribution in [0.2, 0.25) is 5.15 Å². The molecule has 0 bridgehead atoms. The summed E-state index contributed by atoms with van der Waals surface area (Å²) in [5.74, 6) is 0. The average Bonchev–Trinajstić information content (AvgIpc) is 2.43. The molecule has 0 fully saturated rings. The SMILES string of the molecule is CCn1c(C)c(C)c2ccnc(Cl)c21. The largest absolute Gasteiger partial charge is 0.342 e. The van der Waals surface area contributed by atoms with Crippen molar-refractivity contribution in [2.45, 2.75) is 27.3 Å². The van der Waals surface area contributed by atoms with Crippen molar-refractivity contribution in [1.29, 1.82) is 0 Å². The van der Waals surface area contributed by atoms with E-state index in [2.05, 4.69) is 30.3 Å². The zero-order chi connectivity index (χ0) is 10.3. The molecular weight excluding hydrogens is 196 g/mol. The summed E-state index contributed by atoms with van der Waals surface area (Å²) in [6.45, 7) is 7.30. The van der Waals surface area contributed by atoms with Crippen LogP contribution in [0, 0.1) is 13.8 Å². The first-order valence-corrected chi connectivity index (χ1v) is 5.14. The molecule has 0 radical (unpaired) electrons. The fraction of sp³-hybridized carbons (Fsp3) is 0.364. The maximum absolute atomic E-state index is 6.09. The van der Waals surface area contributed by atoms with Crippen molar-refractivity contribution < 1.29 is 0 Å². The van der Waals surface area contributed by atoms with E-state index in [4.69, 9.17) is 11.6 Å². The van der Waals surface area contributed by atoms with Crippen molar-refractivity contribution in [2.75, 3.05) is 0 Å². The summed E-state index contributed by atoms with van der Waals surface area (Å²) < 4.78 is 2.21. The minimum Gasteiger partial charge on any atom is -0.342 e. The van der Waals surface area contributed by atoms with Gasteiger partial charge in [0.25, 0.3) is 0 Å². The molecule has 2 aromatic heterocycles. The molecule has 0 unspecified atom stereocenters. The molecule has 3 heteroatoms. The Morgan fingerprint density at radius 2 is 2.14 bits per heavy atom. The van der Waals surface area contributed by atoms with Crippen LogP contribution in [0.5, 0.6) is 0 Å². The number of hydrogen-bond acceptors (Lipinski definition) is 1. The first kappa shape index (κ1) is 9.53. The van der Waals surface area contributed by atoms with Crippen LogP contribution in [0.4, 0.5) is 0 Å². The Morgan fingerprint density at radius 3 is 2.79 bits per heavy atom. The van der Waals surface area contributed by atoms with Gasteiger partial charge in [-0.15, -0.1) is 0 Å². The Bertz CT molecular complexity index is 485. The Hall–Kier alpha value is -1.02. The Morgan fingerprint density at radius 1 is 1.43 bits per heavy atom. The highest BCUT2D eigenvalue weighted by Crippen LogP contribution is 2.28. The van der Waals surface area contributed by atoms with Crippen molar-refractivity contribution in [3.63, 3.8) is 0 Å². The highest BCUT2D eigenvalue weighted by Gasteiger charge is 2.12. The van der Waals surface area contributed by atoms with Gasteiger partial charge in [0.15, 0.2) is 5.15 Å². The first-order chi connectivity index (χ1) is 6.66. The standard InChI is InChI=1S/C11H13ClN2/c1-4-14-8(3)7(2)9-5-6-13-11(12)10(9)14/h5-6H,4H2,1-3H3. The molecule has 0 aliphatic rings. The van der Waals surface area contributed by atoms with Crippen molar-refractivity contribution >= 4 is 22.5 Å². The van der Waals surface area contributed by atoms with Gasteiger partial charge in [0.1, 0.15) is 0 Å². The number of aryl methyl sites for hydroxylation is 2. The molecule has 2 aromatic rings. The molecule has 0 N–H and O–H groups in total. The zero-order valence-electron chi connectivity index (χ0n) is 8.63. The number of pyridine rings is 1. The van der Waals surface area contributed by atoms with E-state index >= 15 is 0 Å². The third kappa shape index (κ3) is 1.14. The highest BCUT2D eigenvalue weighted by molar-refractivity contribution is 6.34. The van der Waals surface area contributed by atoms with E-state index in [1.807, 2.05) is 6.07 Å². The number of nitrogens with zero attached hydrogens (tertiary/aromatic N) is 2. The van der Waals surface area contributed by atoms with Crippen molar-refractivity contribution in [1.82, 2.24) is 9.55 Å². The maximum Gasteiger partial charge on any atom is 0.153 e. The van der Waals surface area contributed by atoms with Crippen molar-refractivity contribution in [3.8, 4) is 0 Å². The van der Waals surface area contributed by atoms with E-state index in [0.717, 1.165) is 12.1 Å². The lowest BCUT2D eigenvalue weighted by atomic mass is 10.2. The molecule has 0 atom stereocenters. The summed E-state index contributed by atoms with van der Waals surface area (Å²) in [5, 5.41) is 1.81. The maximum atomic E-state index is 6.09. The van der Waals surface area contributed by atoms with Gasteiger partial charge in [0, 0.05) is 23.8 Å². The number of halogens is 1. The molecule has 2 rings (SSSR count). The van der Waals surface area contributed by atoms with Crippen molar-refractivity contribution in [3.05, 3.63) is 28.7 Å². The lowest BCUT2D eigenvalue weighted by Crippen LogP contribution is -1.97. The van der Waals surface area contributed by atoms with E-state index in [9.17, 15) is 0 Å². The van der Waals surface area contributed by atoms with Crippen LogP contribution < -0.4 is 0 Å². The van der Waals surface area contributed by atoms with Crippen molar-refractivity contribution in [2.24, 2.45) is 0 Å². The lowest BCUT2D eigenvalue weighted by Gasteiger charge is -2.04. The molecule has 0 amide bonds. The molecule has 0 saturated heterocycles. The molecule has 0 aromatic carbocycles. The van der Waals surface area contributed by atoms with Gasteiger partial charge in [-0.1, -0.05) is 11.6 Å². The van der Waals surface area contributed by atoms with Crippen LogP contribution in [0.25, 0.3) is 10.9 Å². The molecule has 14 heavy (non-hydrogen) atoms. The third-order valence-corrected chi connectivity index (χ3v) is 3.09. The van der Waals surface area contributed by atoms with Gasteiger partial charge in [-0.3, -0.25) is 0 Å². The summed E-state index contributed by atoms with van der Waals surface area (Å²) >= 11 is 6.09. The molecular formula is C11H13ClN2. The summed E-state index contributed by atoms with van der Waals surface area (Å²) in [7, 11) is 0. The predicted molar refractivity (Wildman–Crippen MR) is 59.9 cm³/mol. The van der Waals surface area contributed by atoms with Crippen LogP contribution >= 0.6 is 11.6 Å². The van der Waals surface area contributed by atoms with Gasteiger partial charge < -0.3 is 4.57 Å². The normalized spacial score (nSPS) is 11.1. The summed E-state index contributed by atoms with van der Waals surface area (Å²) in [6, 6.07) is 2.02. The lowest BCUT2D eigenvalue weighted by molar-refractivity contribution is 0.765. The van der Waals surface area contributed by atoms with E-state index in [1.165, 1.54) is 16.6 Å². The van der Waals surface area contributed by atoms with Gasteiger partial charge in [0.2, 0.25) is 0 Å². The predicted octanol–water partition coefficient (Wildman–Crippen LogP) is 3.33. The minimum atomic E-state index is 0.598. The van der Waals surface area contributed by atoms with Crippen LogP contribution in [-0.4, -0.2) is 9.55 Å². The second kappa shape index (κ2) is 3.28. The topological polar surface area (TPSA) is 17.8 Å². The van der Waals surface area contributed by atoms with Gasteiger partial charge in [-0.25, -0.2) is 4.98 Å². The van der Waals surface area contributed by atoms with E-state index < -0.39 is 0 Å². The smallest absolute Gasteiger partial charge is 0.153 e. The average molecular weight is 209 g/mol. The number of fused-ring (bicyclic) bond motifs is 1. The van der Waals surface area contributed by atoms with E-state index in [0.29, 0.717) is 5.15 Å². The second-order valence-corrected chi connectivity index (χ2v) is 3.81. The minimum absolute atomic E-state index is 0.598. The van der Waals surface area contributed by atoms with E-state index in [-0.39, 0.29) is 0 Å². The van der Waals surface area contributed by atoms with Crippen LogP contribution in [-0.2, 0) is 6.54 Å². The number of hydrogen-bond donors (Lipinski definition) is 0. The van der Waals surface area contributed by atoms with Gasteiger partial charge in [-0.2, -0.15) is 0 Å². The molecule has 0 saturated carbocycles. The first-order valence-electron chi connectivity index (χ1n) is 4.76. The molecule has 2 heterocycles. The summed E-state index contributed by atoms with van der Waals surface area (Å²) in [4.78, 5) is 4.11. The molecule has 2 nitrogen and oxygen atoms in total. The van der Waals surface area contributed by atoms with Crippen LogP contribution in [0.3, 0.4) is 0 Å². The zero-order valence-corrected chi connectivity index (χ0v) is 9.39. The Balaban J connectivity index is 2.96. The third-order valence-electron chi connectivity index (χ3n) is 2.82. The molecule has 0 aliphatic carbocycles. The van der Waals surface area contributed by atoms with E-state index in [1.54, 1.807) is 6.20 Å². The van der Waals surface area contributed by atoms with Gasteiger partial charge in [0.05, 0.1) is 5.52 Å². The van der Waals surface area contributed by atoms with Gasteiger partial charge in [-0.05, 0) is 32.4 Å². The quantitative estimate of drug-likeness (QED) is 0.658. The second-order valence-electron chi connectivity index (χ2n) is 3.45. The number of rotatable bonds is 1.